The summed E-state index contributed by atoms with van der Waals surface area (Å²) in [5, 5.41) is 9.60. The number of ketones is 1. The molecule has 1 saturated carbocycles. The molecule has 0 heterocycles. The predicted octanol–water partition coefficient (Wildman–Crippen LogP) is 1.16. The highest BCUT2D eigenvalue weighted by atomic mass is 16.5. The van der Waals surface area contributed by atoms with E-state index >= 15 is 0 Å². The van der Waals surface area contributed by atoms with E-state index in [9.17, 15) is 9.90 Å². The zero-order chi connectivity index (χ0) is 12.0. The Balaban J connectivity index is 2.01. The second-order valence-corrected chi connectivity index (χ2v) is 4.53. The summed E-state index contributed by atoms with van der Waals surface area (Å²) < 4.78 is 10.3. The van der Waals surface area contributed by atoms with Crippen molar-refractivity contribution in [2.45, 2.75) is 44.8 Å². The maximum atomic E-state index is 11.4. The van der Waals surface area contributed by atoms with Crippen molar-refractivity contribution in [1.82, 2.24) is 0 Å². The molecule has 1 fully saturated rings. The molecule has 1 aliphatic carbocycles. The Morgan fingerprint density at radius 2 is 2.12 bits per heavy atom. The van der Waals surface area contributed by atoms with Crippen LogP contribution >= 0.6 is 0 Å². The van der Waals surface area contributed by atoms with Crippen molar-refractivity contribution < 1.29 is 19.4 Å². The molecule has 1 aliphatic rings. The third-order valence-corrected chi connectivity index (χ3v) is 2.73. The molecule has 0 amide bonds. The van der Waals surface area contributed by atoms with E-state index in [1.165, 1.54) is 0 Å². The molecule has 4 nitrogen and oxygen atoms in total. The number of ether oxygens (including phenoxy) is 2. The molecule has 0 spiro atoms. The number of methoxy groups -OCH3 is 1. The van der Waals surface area contributed by atoms with Crippen molar-refractivity contribution in [2.24, 2.45) is 5.92 Å². The number of carbonyl (C=O) groups excluding carboxylic acids is 1. The lowest BCUT2D eigenvalue weighted by Crippen LogP contribution is -2.23. The SMILES string of the molecule is COCC(C)OCC(O)CCC(=O)C1CC1. The van der Waals surface area contributed by atoms with Crippen molar-refractivity contribution in [3.05, 3.63) is 0 Å². The first-order valence-electron chi connectivity index (χ1n) is 5.94. The van der Waals surface area contributed by atoms with Gasteiger partial charge in [0.15, 0.2) is 0 Å². The van der Waals surface area contributed by atoms with E-state index in [4.69, 9.17) is 9.47 Å². The maximum Gasteiger partial charge on any atom is 0.136 e. The van der Waals surface area contributed by atoms with E-state index in [0.29, 0.717) is 31.1 Å². The molecule has 16 heavy (non-hydrogen) atoms. The molecular weight excluding hydrogens is 208 g/mol. The fourth-order valence-corrected chi connectivity index (χ4v) is 1.56. The Morgan fingerprint density at radius 3 is 2.69 bits per heavy atom. The van der Waals surface area contributed by atoms with Crippen LogP contribution in [0, 0.1) is 5.92 Å². The van der Waals surface area contributed by atoms with Gasteiger partial charge >= 0.3 is 0 Å². The molecule has 94 valence electrons. The maximum absolute atomic E-state index is 11.4. The third-order valence-electron chi connectivity index (χ3n) is 2.73. The zero-order valence-corrected chi connectivity index (χ0v) is 10.1. The predicted molar refractivity (Wildman–Crippen MR) is 60.3 cm³/mol. The van der Waals surface area contributed by atoms with Gasteiger partial charge < -0.3 is 14.6 Å². The third kappa shape index (κ3) is 5.58. The second kappa shape index (κ2) is 6.99. The summed E-state index contributed by atoms with van der Waals surface area (Å²) >= 11 is 0. The summed E-state index contributed by atoms with van der Waals surface area (Å²) in [6, 6.07) is 0. The lowest BCUT2D eigenvalue weighted by atomic mass is 10.1. The number of hydrogen-bond acceptors (Lipinski definition) is 4. The average Bonchev–Trinajstić information content (AvgIpc) is 3.07. The van der Waals surface area contributed by atoms with E-state index in [2.05, 4.69) is 0 Å². The van der Waals surface area contributed by atoms with Crippen LogP contribution in [0.4, 0.5) is 0 Å². The molecule has 2 atom stereocenters. The number of rotatable bonds is 9. The molecule has 2 unspecified atom stereocenters. The molecule has 1 rings (SSSR count). The molecule has 0 saturated heterocycles. The summed E-state index contributed by atoms with van der Waals surface area (Å²) in [7, 11) is 1.62. The minimum absolute atomic E-state index is 0.0150. The van der Waals surface area contributed by atoms with E-state index in [0.717, 1.165) is 12.8 Å². The van der Waals surface area contributed by atoms with Crippen molar-refractivity contribution >= 4 is 5.78 Å². The van der Waals surface area contributed by atoms with Gasteiger partial charge in [-0.3, -0.25) is 4.79 Å². The largest absolute Gasteiger partial charge is 0.391 e. The second-order valence-electron chi connectivity index (χ2n) is 4.53. The van der Waals surface area contributed by atoms with Crippen molar-refractivity contribution in [3.8, 4) is 0 Å². The van der Waals surface area contributed by atoms with Gasteiger partial charge in [0.1, 0.15) is 5.78 Å². The lowest BCUT2D eigenvalue weighted by Gasteiger charge is -2.15. The first-order valence-corrected chi connectivity index (χ1v) is 5.94. The smallest absolute Gasteiger partial charge is 0.136 e. The molecular formula is C12H22O4. The van der Waals surface area contributed by atoms with Crippen LogP contribution in [-0.2, 0) is 14.3 Å². The molecule has 0 aromatic heterocycles. The van der Waals surface area contributed by atoms with Crippen LogP contribution in [0.5, 0.6) is 0 Å². The summed E-state index contributed by atoms with van der Waals surface area (Å²) in [5.74, 6) is 0.588. The zero-order valence-electron chi connectivity index (χ0n) is 10.1. The van der Waals surface area contributed by atoms with E-state index in [1.807, 2.05) is 6.92 Å². The van der Waals surface area contributed by atoms with E-state index < -0.39 is 6.10 Å². The summed E-state index contributed by atoms with van der Waals surface area (Å²) in [4.78, 5) is 11.4. The van der Waals surface area contributed by atoms with E-state index in [-0.39, 0.29) is 12.7 Å². The first kappa shape index (κ1) is 13.6. The van der Waals surface area contributed by atoms with Crippen LogP contribution in [0.2, 0.25) is 0 Å². The van der Waals surface area contributed by atoms with Crippen LogP contribution in [0.15, 0.2) is 0 Å². The average molecular weight is 230 g/mol. The standard InChI is InChI=1S/C12H22O4/c1-9(7-15-2)16-8-11(13)5-6-12(14)10-3-4-10/h9-11,13H,3-8H2,1-2H3. The number of Topliss-reactive ketones (excluding diaryl/α,β-unsaturated/α-hetero) is 1. The Kier molecular flexibility index (Phi) is 5.95. The molecule has 0 aliphatic heterocycles. The van der Waals surface area contributed by atoms with Crippen LogP contribution < -0.4 is 0 Å². The minimum Gasteiger partial charge on any atom is -0.391 e. The van der Waals surface area contributed by atoms with Gasteiger partial charge in [0.25, 0.3) is 0 Å². The number of carbonyl (C=O) groups is 1. The summed E-state index contributed by atoms with van der Waals surface area (Å²) in [6.45, 7) is 2.70. The Labute approximate surface area is 96.9 Å². The molecule has 0 aromatic carbocycles. The molecule has 1 N–H and O–H groups in total. The minimum atomic E-state index is -0.540. The topological polar surface area (TPSA) is 55.8 Å². The van der Waals surface area contributed by atoms with Crippen molar-refractivity contribution in [3.63, 3.8) is 0 Å². The summed E-state index contributed by atoms with van der Waals surface area (Å²) in [6.07, 6.45) is 2.51. The Bertz CT molecular complexity index is 213. The molecule has 0 aromatic rings. The highest BCUT2D eigenvalue weighted by Crippen LogP contribution is 2.31. The van der Waals surface area contributed by atoms with Gasteiger partial charge in [-0.15, -0.1) is 0 Å². The van der Waals surface area contributed by atoms with Crippen LogP contribution in [0.3, 0.4) is 0 Å². The van der Waals surface area contributed by atoms with Crippen LogP contribution in [-0.4, -0.2) is 43.4 Å². The molecule has 0 bridgehead atoms. The van der Waals surface area contributed by atoms with Gasteiger partial charge in [-0.25, -0.2) is 0 Å². The van der Waals surface area contributed by atoms with Crippen LogP contribution in [0.1, 0.15) is 32.6 Å². The fraction of sp³-hybridized carbons (Fsp3) is 0.917. The molecule has 0 radical (unpaired) electrons. The lowest BCUT2D eigenvalue weighted by molar-refractivity contribution is -0.121. The normalized spacial score (nSPS) is 19.4. The van der Waals surface area contributed by atoms with Gasteiger partial charge in [0.05, 0.1) is 25.4 Å². The Hall–Kier alpha value is -0.450. The van der Waals surface area contributed by atoms with Gasteiger partial charge in [-0.05, 0) is 26.2 Å². The van der Waals surface area contributed by atoms with Crippen molar-refractivity contribution in [1.29, 1.82) is 0 Å². The number of aliphatic hydroxyl groups is 1. The van der Waals surface area contributed by atoms with Gasteiger partial charge in [-0.1, -0.05) is 0 Å². The Morgan fingerprint density at radius 1 is 1.44 bits per heavy atom. The number of aliphatic hydroxyl groups excluding tert-OH is 1. The highest BCUT2D eigenvalue weighted by molar-refractivity contribution is 5.83. The quantitative estimate of drug-likeness (QED) is 0.645. The highest BCUT2D eigenvalue weighted by Gasteiger charge is 2.29. The van der Waals surface area contributed by atoms with E-state index in [1.54, 1.807) is 7.11 Å². The van der Waals surface area contributed by atoms with Crippen molar-refractivity contribution in [2.75, 3.05) is 20.3 Å². The number of hydrogen-bond donors (Lipinski definition) is 1. The first-order chi connectivity index (χ1) is 7.63. The molecule has 4 heteroatoms. The van der Waals surface area contributed by atoms with Crippen LogP contribution in [0.25, 0.3) is 0 Å². The van der Waals surface area contributed by atoms with Gasteiger partial charge in [0.2, 0.25) is 0 Å². The fourth-order valence-electron chi connectivity index (χ4n) is 1.56. The summed E-state index contributed by atoms with van der Waals surface area (Å²) in [5.41, 5.74) is 0. The van der Waals surface area contributed by atoms with Gasteiger partial charge in [0, 0.05) is 19.4 Å². The van der Waals surface area contributed by atoms with Gasteiger partial charge in [-0.2, -0.15) is 0 Å². The monoisotopic (exact) mass is 230 g/mol.